The van der Waals surface area contributed by atoms with Crippen molar-refractivity contribution in [2.45, 2.75) is 25.6 Å². The van der Waals surface area contributed by atoms with Crippen LogP contribution in [0.4, 0.5) is 24.7 Å². The number of fused-ring (bicyclic) bond motifs is 1. The Bertz CT molecular complexity index is 1360. The molecular weight excluding hydrogens is 509 g/mol. The molecule has 0 fully saturated rings. The molecule has 1 aliphatic rings. The SMILES string of the molecule is N[C@@H](Cc1cscn1)C(=O)N1CCn2c(nc(-c3ccc(F)cc3)c2Nc2ccc(F)c(F)c2)C1.S. The van der Waals surface area contributed by atoms with Crippen LogP contribution in [0.25, 0.3) is 11.3 Å². The zero-order valence-electron chi connectivity index (χ0n) is 18.9. The van der Waals surface area contributed by atoms with Crippen LogP contribution in [0.15, 0.2) is 53.4 Å². The van der Waals surface area contributed by atoms with E-state index in [1.54, 1.807) is 22.5 Å². The molecule has 36 heavy (non-hydrogen) atoms. The molecular formula is C24H23F3N6OS2. The predicted octanol–water partition coefficient (Wildman–Crippen LogP) is 4.19. The van der Waals surface area contributed by atoms with Gasteiger partial charge in [-0.3, -0.25) is 4.79 Å². The average molecular weight is 533 g/mol. The van der Waals surface area contributed by atoms with E-state index < -0.39 is 23.5 Å². The number of nitrogens with two attached hydrogens (primary N) is 1. The molecule has 3 N–H and O–H groups in total. The van der Waals surface area contributed by atoms with Gasteiger partial charge in [-0.05, 0) is 36.4 Å². The summed E-state index contributed by atoms with van der Waals surface area (Å²) in [6.45, 7) is 1.02. The van der Waals surface area contributed by atoms with Crippen LogP contribution in [0.3, 0.4) is 0 Å². The quantitative estimate of drug-likeness (QED) is 0.389. The largest absolute Gasteiger partial charge is 0.340 e. The summed E-state index contributed by atoms with van der Waals surface area (Å²) in [7, 11) is 0. The minimum Gasteiger partial charge on any atom is -0.340 e. The average Bonchev–Trinajstić information content (AvgIpc) is 3.49. The van der Waals surface area contributed by atoms with Crippen molar-refractivity contribution in [1.29, 1.82) is 0 Å². The summed E-state index contributed by atoms with van der Waals surface area (Å²) in [5.74, 6) is -1.40. The summed E-state index contributed by atoms with van der Waals surface area (Å²) in [4.78, 5) is 23.6. The van der Waals surface area contributed by atoms with Crippen LogP contribution in [-0.4, -0.2) is 37.9 Å². The smallest absolute Gasteiger partial charge is 0.240 e. The van der Waals surface area contributed by atoms with Crippen molar-refractivity contribution in [3.63, 3.8) is 0 Å². The van der Waals surface area contributed by atoms with Crippen molar-refractivity contribution in [3.8, 4) is 11.3 Å². The van der Waals surface area contributed by atoms with Crippen LogP contribution in [0, 0.1) is 17.5 Å². The lowest BCUT2D eigenvalue weighted by molar-refractivity contribution is -0.134. The molecule has 0 radical (unpaired) electrons. The van der Waals surface area contributed by atoms with Gasteiger partial charge < -0.3 is 20.5 Å². The molecule has 1 aliphatic heterocycles. The number of halogens is 3. The highest BCUT2D eigenvalue weighted by Gasteiger charge is 2.29. The molecule has 2 aromatic heterocycles. The normalized spacial score (nSPS) is 13.6. The molecule has 0 aliphatic carbocycles. The highest BCUT2D eigenvalue weighted by atomic mass is 32.1. The van der Waals surface area contributed by atoms with Crippen molar-refractivity contribution in [3.05, 3.63) is 82.3 Å². The van der Waals surface area contributed by atoms with Crippen molar-refractivity contribution >= 4 is 42.2 Å². The maximum Gasteiger partial charge on any atom is 0.240 e. The lowest BCUT2D eigenvalue weighted by Gasteiger charge is -2.30. The number of carbonyl (C=O) groups is 1. The molecule has 188 valence electrons. The molecule has 0 bridgehead atoms. The molecule has 4 aromatic rings. The van der Waals surface area contributed by atoms with E-state index >= 15 is 0 Å². The Morgan fingerprint density at radius 1 is 1.11 bits per heavy atom. The molecule has 7 nitrogen and oxygen atoms in total. The van der Waals surface area contributed by atoms with Crippen LogP contribution in [-0.2, 0) is 24.3 Å². The molecule has 1 atom stereocenters. The second-order valence-corrected chi connectivity index (χ2v) is 8.91. The minimum atomic E-state index is -0.984. The first-order valence-electron chi connectivity index (χ1n) is 10.9. The van der Waals surface area contributed by atoms with Crippen molar-refractivity contribution in [2.24, 2.45) is 5.73 Å². The lowest BCUT2D eigenvalue weighted by atomic mass is 10.1. The first kappa shape index (κ1) is 25.7. The third-order valence-electron chi connectivity index (χ3n) is 5.81. The number of carbonyl (C=O) groups excluding carboxylic acids is 1. The summed E-state index contributed by atoms with van der Waals surface area (Å²) < 4.78 is 42.7. The third-order valence-corrected chi connectivity index (χ3v) is 6.45. The van der Waals surface area contributed by atoms with E-state index in [0.29, 0.717) is 48.1 Å². The van der Waals surface area contributed by atoms with Gasteiger partial charge in [-0.15, -0.1) is 11.3 Å². The number of hydrogen-bond acceptors (Lipinski definition) is 6. The zero-order chi connectivity index (χ0) is 24.5. The van der Waals surface area contributed by atoms with Crippen LogP contribution in [0.1, 0.15) is 11.5 Å². The van der Waals surface area contributed by atoms with E-state index in [4.69, 9.17) is 10.7 Å². The summed E-state index contributed by atoms with van der Waals surface area (Å²) >= 11 is 1.45. The third kappa shape index (κ3) is 5.25. The van der Waals surface area contributed by atoms with Gasteiger partial charge in [-0.25, -0.2) is 23.1 Å². The van der Waals surface area contributed by atoms with Gasteiger partial charge in [-0.1, -0.05) is 0 Å². The second kappa shape index (κ2) is 10.7. The van der Waals surface area contributed by atoms with Gasteiger partial charge in [0.05, 0.1) is 23.8 Å². The van der Waals surface area contributed by atoms with Gasteiger partial charge >= 0.3 is 0 Å². The molecule has 3 heterocycles. The van der Waals surface area contributed by atoms with E-state index in [0.717, 1.165) is 17.8 Å². The van der Waals surface area contributed by atoms with Crippen LogP contribution in [0.2, 0.25) is 0 Å². The molecule has 12 heteroatoms. The van der Waals surface area contributed by atoms with Gasteiger partial charge in [0.1, 0.15) is 23.2 Å². The molecule has 0 spiro atoms. The van der Waals surface area contributed by atoms with Crippen LogP contribution < -0.4 is 11.1 Å². The van der Waals surface area contributed by atoms with Crippen molar-refractivity contribution < 1.29 is 18.0 Å². The highest BCUT2D eigenvalue weighted by molar-refractivity contribution is 7.59. The first-order valence-corrected chi connectivity index (χ1v) is 11.8. The summed E-state index contributed by atoms with van der Waals surface area (Å²) in [5, 5.41) is 4.99. The summed E-state index contributed by atoms with van der Waals surface area (Å²) in [6, 6.07) is 8.61. The Labute approximate surface area is 216 Å². The molecule has 1 amide bonds. The van der Waals surface area contributed by atoms with Gasteiger partial charge in [0.2, 0.25) is 5.91 Å². The van der Waals surface area contributed by atoms with E-state index in [-0.39, 0.29) is 25.9 Å². The fourth-order valence-electron chi connectivity index (χ4n) is 4.05. The fourth-order valence-corrected chi connectivity index (χ4v) is 4.62. The Kier molecular flexibility index (Phi) is 7.67. The van der Waals surface area contributed by atoms with Gasteiger partial charge in [0.25, 0.3) is 0 Å². The lowest BCUT2D eigenvalue weighted by Crippen LogP contribution is -2.47. The first-order chi connectivity index (χ1) is 16.9. The number of thiazole rings is 1. The molecule has 0 saturated carbocycles. The number of aromatic nitrogens is 3. The standard InChI is InChI=1S/C24H21F3N6OS.H2S/c25-15-3-1-14(2-4-15)22-23(30-16-5-6-18(26)19(27)9-16)33-8-7-32(11-21(33)31-22)24(34)20(28)10-17-12-35-13-29-17;/h1-6,9,12-13,20,30H,7-8,10-11,28H2;1H2/t20-;/m0./s1. The number of anilines is 2. The van der Waals surface area contributed by atoms with E-state index in [1.807, 2.05) is 9.95 Å². The van der Waals surface area contributed by atoms with Crippen molar-refractivity contribution in [1.82, 2.24) is 19.4 Å². The predicted molar refractivity (Wildman–Crippen MR) is 137 cm³/mol. The topological polar surface area (TPSA) is 89.1 Å². The Balaban J connectivity index is 0.00000304. The number of rotatable bonds is 6. The number of nitrogens with zero attached hydrogens (tertiary/aromatic N) is 4. The molecule has 0 saturated heterocycles. The zero-order valence-corrected chi connectivity index (χ0v) is 20.7. The summed E-state index contributed by atoms with van der Waals surface area (Å²) in [5.41, 5.74) is 10.1. The van der Waals surface area contributed by atoms with Gasteiger partial charge in [0.15, 0.2) is 11.6 Å². The second-order valence-electron chi connectivity index (χ2n) is 8.19. The highest BCUT2D eigenvalue weighted by Crippen LogP contribution is 2.33. The number of imidazole rings is 1. The number of benzene rings is 2. The van der Waals surface area contributed by atoms with Crippen molar-refractivity contribution in [2.75, 3.05) is 11.9 Å². The minimum absolute atomic E-state index is 0. The van der Waals surface area contributed by atoms with Crippen LogP contribution >= 0.6 is 24.8 Å². The maximum atomic E-state index is 13.8. The summed E-state index contributed by atoms with van der Waals surface area (Å²) in [6.07, 6.45) is 0.344. The Morgan fingerprint density at radius 2 is 1.89 bits per heavy atom. The van der Waals surface area contributed by atoms with E-state index in [9.17, 15) is 18.0 Å². The Hall–Kier alpha value is -3.35. The Morgan fingerprint density at radius 3 is 2.58 bits per heavy atom. The van der Waals surface area contributed by atoms with Gasteiger partial charge in [0, 0.05) is 42.2 Å². The van der Waals surface area contributed by atoms with E-state index in [1.165, 1.54) is 29.5 Å². The molecule has 2 aromatic carbocycles. The van der Waals surface area contributed by atoms with Gasteiger partial charge in [-0.2, -0.15) is 13.5 Å². The number of hydrogen-bond donors (Lipinski definition) is 2. The van der Waals surface area contributed by atoms with E-state index in [2.05, 4.69) is 10.3 Å². The number of amides is 1. The monoisotopic (exact) mass is 532 g/mol. The van der Waals surface area contributed by atoms with Crippen LogP contribution in [0.5, 0.6) is 0 Å². The number of nitrogens with one attached hydrogen (secondary N) is 1. The molecule has 0 unspecified atom stereocenters. The maximum absolute atomic E-state index is 13.8. The fraction of sp³-hybridized carbons (Fsp3) is 0.208. The molecule has 5 rings (SSSR count).